The number of carbonyl (C=O) groups excluding carboxylic acids is 5. The predicted octanol–water partition coefficient (Wildman–Crippen LogP) is 2.05. The number of piperidine rings is 1. The number of nitrogens with zero attached hydrogens (tertiary/aromatic N) is 2. The molecule has 0 aliphatic carbocycles. The quantitative estimate of drug-likeness (QED) is 0.698. The summed E-state index contributed by atoms with van der Waals surface area (Å²) in [7, 11) is 1.74. The molecule has 1 saturated heterocycles. The largest absolute Gasteiger partial charge is 0.355 e. The van der Waals surface area contributed by atoms with Gasteiger partial charge in [-0.1, -0.05) is 12.1 Å². The first-order valence-electron chi connectivity index (χ1n) is 10.8. The molecule has 5 amide bonds. The third-order valence-corrected chi connectivity index (χ3v) is 6.51. The van der Waals surface area contributed by atoms with Crippen LogP contribution < -0.4 is 15.5 Å². The molecule has 9 nitrogen and oxygen atoms in total. The minimum absolute atomic E-state index is 0.0403. The zero-order chi connectivity index (χ0) is 23.4. The third-order valence-electron chi connectivity index (χ3n) is 6.51. The van der Waals surface area contributed by atoms with E-state index in [9.17, 15) is 24.0 Å². The number of nitrogens with one attached hydrogen (secondary N) is 2. The van der Waals surface area contributed by atoms with Crippen LogP contribution in [0.4, 0.5) is 17.1 Å². The van der Waals surface area contributed by atoms with Gasteiger partial charge in [0.05, 0.1) is 16.8 Å². The van der Waals surface area contributed by atoms with Crippen molar-refractivity contribution in [1.29, 1.82) is 0 Å². The van der Waals surface area contributed by atoms with Gasteiger partial charge >= 0.3 is 0 Å². The average molecular weight is 446 g/mol. The van der Waals surface area contributed by atoms with Crippen molar-refractivity contribution in [3.05, 3.63) is 52.6 Å². The van der Waals surface area contributed by atoms with Gasteiger partial charge in [0.25, 0.3) is 11.8 Å². The molecule has 5 rings (SSSR count). The average Bonchev–Trinajstić information content (AvgIpc) is 3.03. The summed E-state index contributed by atoms with van der Waals surface area (Å²) in [6.45, 7) is 1.94. The fraction of sp³-hybridized carbons (Fsp3) is 0.292. The van der Waals surface area contributed by atoms with Crippen molar-refractivity contribution in [2.45, 2.75) is 38.6 Å². The standard InChI is InChI=1S/C24H22N4O5/c1-12-10-13-6-9-20(30)27(2)18(13)11-16(12)25-15-5-3-4-14-21(15)24(33)28(23(14)32)17-7-8-19(29)26-22(17)31/h3-5,10-11,17,25H,6-9H2,1-2H3,(H,26,29,31). The molecule has 0 radical (unpaired) electrons. The first-order valence-corrected chi connectivity index (χ1v) is 10.8. The number of rotatable bonds is 3. The molecule has 0 aromatic heterocycles. The Bertz CT molecular complexity index is 1270. The highest BCUT2D eigenvalue weighted by Crippen LogP contribution is 2.37. The van der Waals surface area contributed by atoms with E-state index in [1.165, 1.54) is 0 Å². The van der Waals surface area contributed by atoms with Gasteiger partial charge in [0, 0.05) is 31.3 Å². The van der Waals surface area contributed by atoms with Crippen LogP contribution in [0, 0.1) is 6.92 Å². The normalized spacial score (nSPS) is 20.1. The van der Waals surface area contributed by atoms with Gasteiger partial charge in [0.1, 0.15) is 6.04 Å². The Hall–Kier alpha value is -4.01. The Balaban J connectivity index is 1.50. The molecule has 0 bridgehead atoms. The van der Waals surface area contributed by atoms with E-state index in [1.807, 2.05) is 19.1 Å². The molecule has 9 heteroatoms. The molecule has 2 N–H and O–H groups in total. The fourth-order valence-electron chi connectivity index (χ4n) is 4.71. The van der Waals surface area contributed by atoms with E-state index in [0.29, 0.717) is 24.2 Å². The number of anilines is 3. The van der Waals surface area contributed by atoms with E-state index in [2.05, 4.69) is 10.6 Å². The lowest BCUT2D eigenvalue weighted by molar-refractivity contribution is -0.136. The molecule has 3 heterocycles. The van der Waals surface area contributed by atoms with E-state index in [0.717, 1.165) is 21.7 Å². The summed E-state index contributed by atoms with van der Waals surface area (Å²) in [5.74, 6) is -2.15. The van der Waals surface area contributed by atoms with Crippen molar-refractivity contribution in [2.24, 2.45) is 0 Å². The second kappa shape index (κ2) is 7.54. The first-order chi connectivity index (χ1) is 15.8. The fourth-order valence-corrected chi connectivity index (χ4v) is 4.71. The number of amides is 5. The Morgan fingerprint density at radius 1 is 0.970 bits per heavy atom. The molecule has 2 aromatic rings. The Morgan fingerprint density at radius 3 is 2.52 bits per heavy atom. The number of hydrogen-bond acceptors (Lipinski definition) is 6. The lowest BCUT2D eigenvalue weighted by Gasteiger charge is -2.28. The van der Waals surface area contributed by atoms with Crippen molar-refractivity contribution in [1.82, 2.24) is 10.2 Å². The molecule has 168 valence electrons. The maximum absolute atomic E-state index is 13.3. The van der Waals surface area contributed by atoms with E-state index in [1.54, 1.807) is 30.1 Å². The zero-order valence-corrected chi connectivity index (χ0v) is 18.2. The summed E-state index contributed by atoms with van der Waals surface area (Å²) in [5.41, 5.74) is 4.37. The molecule has 0 spiro atoms. The molecule has 1 fully saturated rings. The van der Waals surface area contributed by atoms with Crippen LogP contribution in [0.2, 0.25) is 0 Å². The highest BCUT2D eigenvalue weighted by atomic mass is 16.2. The minimum Gasteiger partial charge on any atom is -0.355 e. The molecule has 2 aromatic carbocycles. The second-order valence-corrected chi connectivity index (χ2v) is 8.55. The van der Waals surface area contributed by atoms with Crippen LogP contribution in [0.3, 0.4) is 0 Å². The van der Waals surface area contributed by atoms with E-state index in [-0.39, 0.29) is 29.9 Å². The minimum atomic E-state index is -1.02. The van der Waals surface area contributed by atoms with Crippen molar-refractivity contribution >= 4 is 46.6 Å². The Morgan fingerprint density at radius 2 is 1.76 bits per heavy atom. The monoisotopic (exact) mass is 446 g/mol. The number of benzene rings is 2. The predicted molar refractivity (Wildman–Crippen MR) is 119 cm³/mol. The van der Waals surface area contributed by atoms with Crippen LogP contribution in [-0.2, 0) is 20.8 Å². The van der Waals surface area contributed by atoms with Gasteiger partial charge in [0.15, 0.2) is 0 Å². The SMILES string of the molecule is Cc1cc2c(cc1Nc1cccc3c1C(=O)N(C1CCC(=O)NC1=O)C3=O)N(C)C(=O)CC2. The molecule has 3 aliphatic heterocycles. The van der Waals surface area contributed by atoms with Crippen molar-refractivity contribution in [3.63, 3.8) is 0 Å². The van der Waals surface area contributed by atoms with Gasteiger partial charge < -0.3 is 10.2 Å². The maximum atomic E-state index is 13.3. The van der Waals surface area contributed by atoms with Crippen molar-refractivity contribution < 1.29 is 24.0 Å². The number of imide groups is 2. The van der Waals surface area contributed by atoms with Crippen molar-refractivity contribution in [3.8, 4) is 0 Å². The van der Waals surface area contributed by atoms with Crippen molar-refractivity contribution in [2.75, 3.05) is 17.3 Å². The van der Waals surface area contributed by atoms with Crippen LogP contribution in [0.25, 0.3) is 0 Å². The van der Waals surface area contributed by atoms with E-state index >= 15 is 0 Å². The molecule has 0 saturated carbocycles. The number of carbonyl (C=O) groups is 5. The molecule has 1 unspecified atom stereocenters. The molecular formula is C24H22N4O5. The summed E-state index contributed by atoms with van der Waals surface area (Å²) in [6, 6.07) is 7.80. The lowest BCUT2D eigenvalue weighted by atomic mass is 9.98. The molecule has 3 aliphatic rings. The Kier molecular flexibility index (Phi) is 4.77. The maximum Gasteiger partial charge on any atom is 0.264 e. The summed E-state index contributed by atoms with van der Waals surface area (Å²) in [6.07, 6.45) is 1.31. The summed E-state index contributed by atoms with van der Waals surface area (Å²) in [4.78, 5) is 64.9. The Labute approximate surface area is 189 Å². The van der Waals surface area contributed by atoms with Gasteiger partial charge in [-0.3, -0.25) is 34.2 Å². The van der Waals surface area contributed by atoms with Crippen LogP contribution in [0.1, 0.15) is 51.1 Å². The third kappa shape index (κ3) is 3.27. The van der Waals surface area contributed by atoms with Gasteiger partial charge in [0.2, 0.25) is 17.7 Å². The molecule has 33 heavy (non-hydrogen) atoms. The van der Waals surface area contributed by atoms with Crippen LogP contribution in [0.15, 0.2) is 30.3 Å². The number of fused-ring (bicyclic) bond motifs is 2. The summed E-state index contributed by atoms with van der Waals surface area (Å²) >= 11 is 0. The highest BCUT2D eigenvalue weighted by molar-refractivity contribution is 6.25. The topological polar surface area (TPSA) is 116 Å². The smallest absolute Gasteiger partial charge is 0.264 e. The second-order valence-electron chi connectivity index (χ2n) is 8.55. The van der Waals surface area contributed by atoms with Crippen LogP contribution in [-0.4, -0.2) is 47.5 Å². The van der Waals surface area contributed by atoms with Gasteiger partial charge in [-0.25, -0.2) is 0 Å². The highest BCUT2D eigenvalue weighted by Gasteiger charge is 2.45. The molecular weight excluding hydrogens is 424 g/mol. The van der Waals surface area contributed by atoms with E-state index < -0.39 is 29.7 Å². The lowest BCUT2D eigenvalue weighted by Crippen LogP contribution is -2.54. The first kappa shape index (κ1) is 20.9. The van der Waals surface area contributed by atoms with Gasteiger partial charge in [-0.15, -0.1) is 0 Å². The van der Waals surface area contributed by atoms with E-state index in [4.69, 9.17) is 0 Å². The van der Waals surface area contributed by atoms with Gasteiger partial charge in [-0.2, -0.15) is 0 Å². The number of hydrogen-bond donors (Lipinski definition) is 2. The summed E-state index contributed by atoms with van der Waals surface area (Å²) < 4.78 is 0. The molecule has 1 atom stereocenters. The van der Waals surface area contributed by atoms with Gasteiger partial charge in [-0.05, 0) is 49.1 Å². The van der Waals surface area contributed by atoms with Crippen LogP contribution in [0.5, 0.6) is 0 Å². The number of aryl methyl sites for hydroxylation is 2. The van der Waals surface area contributed by atoms with Crippen LogP contribution >= 0.6 is 0 Å². The summed E-state index contributed by atoms with van der Waals surface area (Å²) in [5, 5.41) is 5.46. The zero-order valence-electron chi connectivity index (χ0n) is 18.2.